The number of hydrogen-bond donors (Lipinski definition) is 1. The number of halogens is 1. The summed E-state index contributed by atoms with van der Waals surface area (Å²) in [7, 11) is 0. The Hall–Kier alpha value is -1.81. The highest BCUT2D eigenvalue weighted by atomic mass is 79.9. The number of hydrogen-bond acceptors (Lipinski definition) is 2. The summed E-state index contributed by atoms with van der Waals surface area (Å²) in [6.07, 6.45) is 1.94. The van der Waals surface area contributed by atoms with Crippen LogP contribution < -0.4 is 5.73 Å². The fourth-order valence-corrected chi connectivity index (χ4v) is 2.79. The normalized spacial score (nSPS) is 11.2. The van der Waals surface area contributed by atoms with Gasteiger partial charge in [-0.15, -0.1) is 0 Å². The number of benzene rings is 1. The molecule has 102 valence electrons. The van der Waals surface area contributed by atoms with Crippen molar-refractivity contribution in [2.45, 2.75) is 20.8 Å². The number of aromatic nitrogens is 2. The second-order valence-corrected chi connectivity index (χ2v) is 6.09. The molecule has 0 bridgehead atoms. The van der Waals surface area contributed by atoms with Crippen LogP contribution in [0.5, 0.6) is 0 Å². The van der Waals surface area contributed by atoms with E-state index >= 15 is 0 Å². The van der Waals surface area contributed by atoms with Crippen molar-refractivity contribution in [1.82, 2.24) is 9.38 Å². The maximum atomic E-state index is 6.28. The van der Waals surface area contributed by atoms with Gasteiger partial charge < -0.3 is 5.73 Å². The molecular formula is C16H16BrN3. The fraction of sp³-hybridized carbons (Fsp3) is 0.188. The van der Waals surface area contributed by atoms with E-state index in [-0.39, 0.29) is 0 Å². The van der Waals surface area contributed by atoms with Crippen LogP contribution in [-0.4, -0.2) is 9.38 Å². The van der Waals surface area contributed by atoms with Gasteiger partial charge in [0.05, 0.1) is 0 Å². The number of anilines is 1. The summed E-state index contributed by atoms with van der Waals surface area (Å²) < 4.78 is 2.89. The molecule has 1 aromatic carbocycles. The van der Waals surface area contributed by atoms with E-state index in [1.807, 2.05) is 22.7 Å². The highest BCUT2D eigenvalue weighted by molar-refractivity contribution is 9.10. The van der Waals surface area contributed by atoms with E-state index in [0.717, 1.165) is 21.4 Å². The van der Waals surface area contributed by atoms with Crippen LogP contribution in [0.2, 0.25) is 0 Å². The third kappa shape index (κ3) is 2.00. The Morgan fingerprint density at radius 1 is 1.05 bits per heavy atom. The van der Waals surface area contributed by atoms with Gasteiger partial charge >= 0.3 is 0 Å². The topological polar surface area (TPSA) is 43.3 Å². The van der Waals surface area contributed by atoms with Crippen molar-refractivity contribution in [2.75, 3.05) is 5.73 Å². The minimum absolute atomic E-state index is 0.674. The average Bonchev–Trinajstić information content (AvgIpc) is 2.71. The predicted molar refractivity (Wildman–Crippen MR) is 87.0 cm³/mol. The van der Waals surface area contributed by atoms with Gasteiger partial charge in [-0.05, 0) is 71.6 Å². The summed E-state index contributed by atoms with van der Waals surface area (Å²) in [4.78, 5) is 4.67. The average molecular weight is 330 g/mol. The standard InChI is InChI=1S/C16H16BrN3/c1-9-6-11(3)13(7-10(9)2)15-16(18)20-8-12(17)4-5-14(20)19-15/h4-8H,18H2,1-3H3. The lowest BCUT2D eigenvalue weighted by molar-refractivity contribution is 1.18. The summed E-state index contributed by atoms with van der Waals surface area (Å²) in [5.41, 5.74) is 12.8. The number of nitrogens with zero attached hydrogens (tertiary/aromatic N) is 2. The molecule has 2 N–H and O–H groups in total. The molecule has 2 heterocycles. The highest BCUT2D eigenvalue weighted by Crippen LogP contribution is 2.31. The number of rotatable bonds is 1. The van der Waals surface area contributed by atoms with Crippen molar-refractivity contribution < 1.29 is 0 Å². The Morgan fingerprint density at radius 3 is 2.50 bits per heavy atom. The number of fused-ring (bicyclic) bond motifs is 1. The first-order valence-corrected chi connectivity index (χ1v) is 7.28. The molecule has 0 radical (unpaired) electrons. The molecule has 0 aliphatic heterocycles. The second kappa shape index (κ2) is 4.63. The van der Waals surface area contributed by atoms with Gasteiger partial charge in [-0.2, -0.15) is 0 Å². The Balaban J connectivity index is 2.30. The molecule has 0 fully saturated rings. The largest absolute Gasteiger partial charge is 0.383 e. The first-order chi connectivity index (χ1) is 9.47. The molecule has 3 rings (SSSR count). The summed E-state index contributed by atoms with van der Waals surface area (Å²) in [5, 5.41) is 0. The lowest BCUT2D eigenvalue weighted by atomic mass is 9.99. The lowest BCUT2D eigenvalue weighted by Gasteiger charge is -2.08. The number of nitrogens with two attached hydrogens (primary N) is 1. The van der Waals surface area contributed by atoms with Crippen LogP contribution in [0.3, 0.4) is 0 Å². The molecule has 0 saturated carbocycles. The van der Waals surface area contributed by atoms with Gasteiger partial charge in [-0.1, -0.05) is 6.07 Å². The van der Waals surface area contributed by atoms with E-state index in [9.17, 15) is 0 Å². The molecule has 0 saturated heterocycles. The van der Waals surface area contributed by atoms with Crippen LogP contribution in [-0.2, 0) is 0 Å². The van der Waals surface area contributed by atoms with Gasteiger partial charge in [0.2, 0.25) is 0 Å². The number of pyridine rings is 1. The van der Waals surface area contributed by atoms with Gasteiger partial charge in [-0.25, -0.2) is 4.98 Å². The summed E-state index contributed by atoms with van der Waals surface area (Å²) in [5.74, 6) is 0.674. The number of imidazole rings is 1. The zero-order chi connectivity index (χ0) is 14.4. The molecule has 0 spiro atoms. The Bertz CT molecular complexity index is 818. The molecule has 0 atom stereocenters. The molecular weight excluding hydrogens is 314 g/mol. The van der Waals surface area contributed by atoms with Crippen molar-refractivity contribution in [1.29, 1.82) is 0 Å². The molecule has 20 heavy (non-hydrogen) atoms. The SMILES string of the molecule is Cc1cc(C)c(-c2nc3ccc(Br)cn3c2N)cc1C. The molecule has 0 amide bonds. The predicted octanol–water partition coefficient (Wildman–Crippen LogP) is 4.27. The first kappa shape index (κ1) is 13.2. The summed E-state index contributed by atoms with van der Waals surface area (Å²) in [6.45, 7) is 6.33. The third-order valence-corrected chi connectivity index (χ3v) is 4.18. The zero-order valence-corrected chi connectivity index (χ0v) is 13.3. The van der Waals surface area contributed by atoms with Crippen molar-refractivity contribution in [2.24, 2.45) is 0 Å². The van der Waals surface area contributed by atoms with Crippen LogP contribution in [0.1, 0.15) is 16.7 Å². The van der Waals surface area contributed by atoms with Crippen LogP contribution >= 0.6 is 15.9 Å². The van der Waals surface area contributed by atoms with Crippen molar-refractivity contribution in [3.8, 4) is 11.3 Å². The van der Waals surface area contributed by atoms with Crippen molar-refractivity contribution in [3.63, 3.8) is 0 Å². The van der Waals surface area contributed by atoms with E-state index in [1.54, 1.807) is 0 Å². The fourth-order valence-electron chi connectivity index (χ4n) is 2.45. The van der Waals surface area contributed by atoms with Crippen LogP contribution in [0.4, 0.5) is 5.82 Å². The highest BCUT2D eigenvalue weighted by Gasteiger charge is 2.14. The molecule has 3 aromatic rings. The quantitative estimate of drug-likeness (QED) is 0.724. The van der Waals surface area contributed by atoms with Crippen LogP contribution in [0.25, 0.3) is 16.9 Å². The Labute approximate surface area is 126 Å². The van der Waals surface area contributed by atoms with Gasteiger partial charge in [0.15, 0.2) is 0 Å². The number of aryl methyl sites for hydroxylation is 3. The monoisotopic (exact) mass is 329 g/mol. The molecule has 2 aromatic heterocycles. The van der Waals surface area contributed by atoms with E-state index < -0.39 is 0 Å². The van der Waals surface area contributed by atoms with Gasteiger partial charge in [0, 0.05) is 16.2 Å². The maximum absolute atomic E-state index is 6.28. The lowest BCUT2D eigenvalue weighted by Crippen LogP contribution is -1.96. The maximum Gasteiger partial charge on any atom is 0.139 e. The molecule has 0 aliphatic carbocycles. The first-order valence-electron chi connectivity index (χ1n) is 6.48. The zero-order valence-electron chi connectivity index (χ0n) is 11.7. The summed E-state index contributed by atoms with van der Waals surface area (Å²) in [6, 6.07) is 8.28. The molecule has 3 nitrogen and oxygen atoms in total. The van der Waals surface area contributed by atoms with Crippen molar-refractivity contribution >= 4 is 27.4 Å². The second-order valence-electron chi connectivity index (χ2n) is 5.17. The van der Waals surface area contributed by atoms with Gasteiger partial charge in [0.1, 0.15) is 17.2 Å². The minimum Gasteiger partial charge on any atom is -0.383 e. The van der Waals surface area contributed by atoms with Crippen LogP contribution in [0, 0.1) is 20.8 Å². The van der Waals surface area contributed by atoms with E-state index in [2.05, 4.69) is 53.8 Å². The summed E-state index contributed by atoms with van der Waals surface area (Å²) >= 11 is 3.46. The minimum atomic E-state index is 0.674. The van der Waals surface area contributed by atoms with Crippen molar-refractivity contribution in [3.05, 3.63) is 51.6 Å². The van der Waals surface area contributed by atoms with Crippen LogP contribution in [0.15, 0.2) is 34.9 Å². The van der Waals surface area contributed by atoms with Gasteiger partial charge in [0.25, 0.3) is 0 Å². The van der Waals surface area contributed by atoms with E-state index in [4.69, 9.17) is 5.73 Å². The van der Waals surface area contributed by atoms with E-state index in [1.165, 1.54) is 16.7 Å². The molecule has 4 heteroatoms. The molecule has 0 unspecified atom stereocenters. The smallest absolute Gasteiger partial charge is 0.139 e. The number of nitrogen functional groups attached to an aromatic ring is 1. The van der Waals surface area contributed by atoms with E-state index in [0.29, 0.717) is 5.82 Å². The Morgan fingerprint density at radius 2 is 1.75 bits per heavy atom. The Kier molecular flexibility index (Phi) is 3.05. The van der Waals surface area contributed by atoms with Gasteiger partial charge in [-0.3, -0.25) is 4.40 Å². The third-order valence-electron chi connectivity index (χ3n) is 3.72. The molecule has 0 aliphatic rings.